The molecule has 3 aromatic rings. The Bertz CT molecular complexity index is 1100. The largest absolute Gasteiger partial charge is 0.494 e. The van der Waals surface area contributed by atoms with Crippen molar-refractivity contribution in [1.29, 1.82) is 0 Å². The van der Waals surface area contributed by atoms with Gasteiger partial charge in [-0.1, -0.05) is 37.6 Å². The van der Waals surface area contributed by atoms with Gasteiger partial charge in [-0.25, -0.2) is 0 Å². The van der Waals surface area contributed by atoms with Gasteiger partial charge in [0.25, 0.3) is 5.91 Å². The lowest BCUT2D eigenvalue weighted by Gasteiger charge is -2.25. The average Bonchev–Trinajstić information content (AvgIpc) is 3.05. The Morgan fingerprint density at radius 1 is 1.03 bits per heavy atom. The van der Waals surface area contributed by atoms with Gasteiger partial charge < -0.3 is 18.8 Å². The topological polar surface area (TPSA) is 69.0 Å². The molecule has 6 heteroatoms. The maximum Gasteiger partial charge on any atom is 0.290 e. The van der Waals surface area contributed by atoms with Gasteiger partial charge in [-0.2, -0.15) is 0 Å². The van der Waals surface area contributed by atoms with Gasteiger partial charge in [-0.05, 0) is 36.2 Å². The Morgan fingerprint density at radius 2 is 1.80 bits per heavy atom. The first-order valence-corrected chi connectivity index (χ1v) is 10.2. The zero-order chi connectivity index (χ0) is 21.1. The van der Waals surface area contributed by atoms with Crippen molar-refractivity contribution in [3.8, 4) is 5.75 Å². The average molecular weight is 407 g/mol. The fourth-order valence-corrected chi connectivity index (χ4v) is 3.81. The predicted molar refractivity (Wildman–Crippen MR) is 114 cm³/mol. The number of ether oxygens (including phenoxy) is 2. The number of methoxy groups -OCH3 is 1. The fourth-order valence-electron chi connectivity index (χ4n) is 3.81. The van der Waals surface area contributed by atoms with Gasteiger partial charge in [0.05, 0.1) is 30.2 Å². The van der Waals surface area contributed by atoms with Gasteiger partial charge in [0, 0.05) is 13.7 Å². The molecule has 1 atom stereocenters. The second-order valence-electron chi connectivity index (χ2n) is 7.34. The van der Waals surface area contributed by atoms with Crippen molar-refractivity contribution in [3.05, 3.63) is 75.6 Å². The summed E-state index contributed by atoms with van der Waals surface area (Å²) in [6.07, 6.45) is 2.06. The monoisotopic (exact) mass is 407 g/mol. The summed E-state index contributed by atoms with van der Waals surface area (Å²) in [5, 5.41) is 0.474. The molecule has 156 valence electrons. The van der Waals surface area contributed by atoms with Crippen LogP contribution in [0.3, 0.4) is 0 Å². The van der Waals surface area contributed by atoms with Crippen LogP contribution >= 0.6 is 0 Å². The Hall–Kier alpha value is -3.12. The van der Waals surface area contributed by atoms with Gasteiger partial charge >= 0.3 is 0 Å². The molecule has 2 heterocycles. The Labute approximate surface area is 175 Å². The van der Waals surface area contributed by atoms with Crippen molar-refractivity contribution in [3.63, 3.8) is 0 Å². The summed E-state index contributed by atoms with van der Waals surface area (Å²) >= 11 is 0. The first-order chi connectivity index (χ1) is 14.7. The molecule has 0 fully saturated rings. The highest BCUT2D eigenvalue weighted by Gasteiger charge is 2.42. The lowest BCUT2D eigenvalue weighted by atomic mass is 9.98. The molecule has 0 spiro atoms. The van der Waals surface area contributed by atoms with Gasteiger partial charge in [-0.3, -0.25) is 9.59 Å². The SMILES string of the molecule is CCCCOc1ccc(C2c3c(oc4ccccc4c3=O)C(=O)N2CCOC)cc1. The number of amides is 1. The molecule has 0 bridgehead atoms. The third-order valence-electron chi connectivity index (χ3n) is 5.37. The van der Waals surface area contributed by atoms with E-state index in [1.807, 2.05) is 24.3 Å². The normalized spacial score (nSPS) is 15.6. The maximum absolute atomic E-state index is 13.3. The summed E-state index contributed by atoms with van der Waals surface area (Å²) in [6, 6.07) is 14.1. The lowest BCUT2D eigenvalue weighted by Crippen LogP contribution is -2.32. The summed E-state index contributed by atoms with van der Waals surface area (Å²) in [4.78, 5) is 28.1. The third-order valence-corrected chi connectivity index (χ3v) is 5.37. The van der Waals surface area contributed by atoms with E-state index in [-0.39, 0.29) is 17.1 Å². The van der Waals surface area contributed by atoms with E-state index in [4.69, 9.17) is 13.9 Å². The number of unbranched alkanes of at least 4 members (excludes halogenated alkanes) is 1. The van der Waals surface area contributed by atoms with Crippen LogP contribution < -0.4 is 10.2 Å². The summed E-state index contributed by atoms with van der Waals surface area (Å²) in [7, 11) is 1.59. The van der Waals surface area contributed by atoms with E-state index < -0.39 is 6.04 Å². The minimum absolute atomic E-state index is 0.114. The van der Waals surface area contributed by atoms with Crippen LogP contribution in [-0.2, 0) is 4.74 Å². The number of hydrogen-bond acceptors (Lipinski definition) is 5. The molecular weight excluding hydrogens is 382 g/mol. The minimum Gasteiger partial charge on any atom is -0.494 e. The Morgan fingerprint density at radius 3 is 2.53 bits per heavy atom. The van der Waals surface area contributed by atoms with Crippen LogP contribution in [0.15, 0.2) is 57.7 Å². The molecule has 1 aromatic heterocycles. The van der Waals surface area contributed by atoms with E-state index in [2.05, 4.69) is 6.92 Å². The molecule has 1 unspecified atom stereocenters. The molecule has 4 rings (SSSR count). The van der Waals surface area contributed by atoms with Gasteiger partial charge in [0.15, 0.2) is 5.43 Å². The van der Waals surface area contributed by atoms with E-state index in [0.29, 0.717) is 36.3 Å². The third kappa shape index (κ3) is 3.59. The van der Waals surface area contributed by atoms with Crippen LogP contribution in [0.1, 0.15) is 47.5 Å². The number of benzene rings is 2. The van der Waals surface area contributed by atoms with E-state index >= 15 is 0 Å². The molecule has 1 aliphatic heterocycles. The van der Waals surface area contributed by atoms with E-state index in [9.17, 15) is 9.59 Å². The van der Waals surface area contributed by atoms with Crippen LogP contribution in [0.5, 0.6) is 5.75 Å². The smallest absolute Gasteiger partial charge is 0.290 e. The van der Waals surface area contributed by atoms with E-state index in [1.165, 1.54) is 0 Å². The molecule has 0 radical (unpaired) electrons. The molecule has 1 amide bonds. The quantitative estimate of drug-likeness (QED) is 0.525. The van der Waals surface area contributed by atoms with Gasteiger partial charge in [0.1, 0.15) is 11.3 Å². The zero-order valence-corrected chi connectivity index (χ0v) is 17.2. The van der Waals surface area contributed by atoms with Crippen molar-refractivity contribution >= 4 is 16.9 Å². The predicted octanol–water partition coefficient (Wildman–Crippen LogP) is 4.16. The second kappa shape index (κ2) is 8.71. The molecule has 1 aliphatic rings. The van der Waals surface area contributed by atoms with Crippen molar-refractivity contribution < 1.29 is 18.7 Å². The summed E-state index contributed by atoms with van der Waals surface area (Å²) in [6.45, 7) is 3.50. The van der Waals surface area contributed by atoms with Gasteiger partial charge in [0.2, 0.25) is 5.76 Å². The molecule has 0 saturated heterocycles. The number of nitrogens with zero attached hydrogens (tertiary/aromatic N) is 1. The Kier molecular flexibility index (Phi) is 5.86. The van der Waals surface area contributed by atoms with Crippen LogP contribution in [0.4, 0.5) is 0 Å². The number of para-hydroxylation sites is 1. The second-order valence-corrected chi connectivity index (χ2v) is 7.34. The molecule has 0 aliphatic carbocycles. The lowest BCUT2D eigenvalue weighted by molar-refractivity contribution is 0.0663. The highest BCUT2D eigenvalue weighted by atomic mass is 16.5. The highest BCUT2D eigenvalue weighted by molar-refractivity contribution is 5.99. The van der Waals surface area contributed by atoms with Crippen LogP contribution in [0.25, 0.3) is 11.0 Å². The van der Waals surface area contributed by atoms with E-state index in [1.54, 1.807) is 36.3 Å². The maximum atomic E-state index is 13.3. The molecular formula is C24H25NO5. The number of hydrogen-bond donors (Lipinski definition) is 0. The molecule has 0 saturated carbocycles. The van der Waals surface area contributed by atoms with Crippen molar-refractivity contribution in [1.82, 2.24) is 4.90 Å². The van der Waals surface area contributed by atoms with Crippen molar-refractivity contribution in [2.24, 2.45) is 0 Å². The Balaban J connectivity index is 1.78. The fraction of sp³-hybridized carbons (Fsp3) is 0.333. The number of rotatable bonds is 8. The van der Waals surface area contributed by atoms with Crippen LogP contribution in [-0.4, -0.2) is 37.7 Å². The summed E-state index contributed by atoms with van der Waals surface area (Å²) in [5.74, 6) is 0.590. The first-order valence-electron chi connectivity index (χ1n) is 10.2. The van der Waals surface area contributed by atoms with Gasteiger partial charge in [-0.15, -0.1) is 0 Å². The highest BCUT2D eigenvalue weighted by Crippen LogP contribution is 2.38. The molecule has 30 heavy (non-hydrogen) atoms. The molecule has 0 N–H and O–H groups in total. The summed E-state index contributed by atoms with van der Waals surface area (Å²) in [5.41, 5.74) is 1.47. The first kappa shape index (κ1) is 20.2. The standard InChI is InChI=1S/C24H25NO5/c1-3-4-14-29-17-11-9-16(10-12-17)21-20-22(26)18-7-5-6-8-19(18)30-23(20)24(27)25(21)13-15-28-2/h5-12,21H,3-4,13-15H2,1-2H3. The van der Waals surface area contributed by atoms with E-state index in [0.717, 1.165) is 24.2 Å². The number of carbonyl (C=O) groups is 1. The zero-order valence-electron chi connectivity index (χ0n) is 17.2. The molecule has 6 nitrogen and oxygen atoms in total. The van der Waals surface area contributed by atoms with Crippen LogP contribution in [0, 0.1) is 0 Å². The van der Waals surface area contributed by atoms with Crippen LogP contribution in [0.2, 0.25) is 0 Å². The van der Waals surface area contributed by atoms with Crippen molar-refractivity contribution in [2.45, 2.75) is 25.8 Å². The molecule has 2 aromatic carbocycles. The van der Waals surface area contributed by atoms with Crippen molar-refractivity contribution in [2.75, 3.05) is 26.9 Å². The minimum atomic E-state index is -0.520. The number of carbonyl (C=O) groups excluding carboxylic acids is 1. The summed E-state index contributed by atoms with van der Waals surface area (Å²) < 4.78 is 16.8. The number of fused-ring (bicyclic) bond motifs is 2.